The fourth-order valence-electron chi connectivity index (χ4n) is 1.60. The second-order valence-corrected chi connectivity index (χ2v) is 3.16. The van der Waals surface area contributed by atoms with Gasteiger partial charge in [0, 0.05) is 17.1 Å². The number of hydrogen-bond acceptors (Lipinski definition) is 2. The molecular weight excluding hydrogens is 176 g/mol. The zero-order valence-corrected chi connectivity index (χ0v) is 7.57. The zero-order chi connectivity index (χ0) is 9.97. The number of H-pyrrole nitrogens is 1. The van der Waals surface area contributed by atoms with Gasteiger partial charge in [0.25, 0.3) is 0 Å². The number of aromatic amines is 1. The molecular formula is C11H10N2O. The molecule has 0 spiro atoms. The van der Waals surface area contributed by atoms with Crippen LogP contribution in [0.5, 0.6) is 0 Å². The van der Waals surface area contributed by atoms with Crippen molar-refractivity contribution in [2.24, 2.45) is 0 Å². The quantitative estimate of drug-likeness (QED) is 0.754. The van der Waals surface area contributed by atoms with Gasteiger partial charge in [0.2, 0.25) is 0 Å². The maximum Gasteiger partial charge on any atom is 0.0926 e. The normalized spacial score (nSPS) is 12.6. The molecule has 70 valence electrons. The Hall–Kier alpha value is -1.79. The Kier molecular flexibility index (Phi) is 2.21. The minimum Gasteiger partial charge on any atom is -0.387 e. The summed E-state index contributed by atoms with van der Waals surface area (Å²) in [5, 5.41) is 19.2. The highest BCUT2D eigenvalue weighted by atomic mass is 16.3. The van der Waals surface area contributed by atoms with E-state index < -0.39 is 6.10 Å². The van der Waals surface area contributed by atoms with Crippen LogP contribution in [0.15, 0.2) is 30.5 Å². The largest absolute Gasteiger partial charge is 0.387 e. The molecule has 0 aliphatic rings. The number of fused-ring (bicyclic) bond motifs is 1. The van der Waals surface area contributed by atoms with E-state index in [9.17, 15) is 5.11 Å². The Labute approximate surface area is 81.6 Å². The molecule has 2 N–H and O–H groups in total. The molecule has 0 fully saturated rings. The predicted molar refractivity (Wildman–Crippen MR) is 53.5 cm³/mol. The van der Waals surface area contributed by atoms with Crippen molar-refractivity contribution in [1.29, 1.82) is 5.26 Å². The summed E-state index contributed by atoms with van der Waals surface area (Å²) in [7, 11) is 0. The minimum atomic E-state index is -0.695. The van der Waals surface area contributed by atoms with Crippen LogP contribution in [0.2, 0.25) is 0 Å². The molecule has 14 heavy (non-hydrogen) atoms. The minimum absolute atomic E-state index is 0.129. The first-order chi connectivity index (χ1) is 6.83. The smallest absolute Gasteiger partial charge is 0.0926 e. The van der Waals surface area contributed by atoms with Gasteiger partial charge in [-0.3, -0.25) is 0 Å². The number of nitrogens with zero attached hydrogens (tertiary/aromatic N) is 1. The third-order valence-electron chi connectivity index (χ3n) is 2.27. The standard InChI is InChI=1S/C11H10N2O/c12-6-4-11(14)9-2-1-3-10-8(9)5-7-13-10/h1-3,5,7,11,13-14H,4H2. The molecule has 1 unspecified atom stereocenters. The fourth-order valence-corrected chi connectivity index (χ4v) is 1.60. The Morgan fingerprint density at radius 2 is 2.29 bits per heavy atom. The summed E-state index contributed by atoms with van der Waals surface area (Å²) in [5.74, 6) is 0. The zero-order valence-electron chi connectivity index (χ0n) is 7.57. The average molecular weight is 186 g/mol. The van der Waals surface area contributed by atoms with Gasteiger partial charge in [0.1, 0.15) is 0 Å². The third kappa shape index (κ3) is 1.36. The first-order valence-electron chi connectivity index (χ1n) is 4.44. The lowest BCUT2D eigenvalue weighted by atomic mass is 10.0. The lowest BCUT2D eigenvalue weighted by Gasteiger charge is -2.07. The highest BCUT2D eigenvalue weighted by molar-refractivity contribution is 5.83. The Morgan fingerprint density at radius 1 is 1.43 bits per heavy atom. The highest BCUT2D eigenvalue weighted by Crippen LogP contribution is 2.25. The molecule has 0 aliphatic carbocycles. The Balaban J connectivity index is 2.51. The van der Waals surface area contributed by atoms with Gasteiger partial charge in [-0.1, -0.05) is 12.1 Å². The van der Waals surface area contributed by atoms with E-state index in [0.717, 1.165) is 16.5 Å². The van der Waals surface area contributed by atoms with Crippen LogP contribution in [0.1, 0.15) is 18.1 Å². The van der Waals surface area contributed by atoms with E-state index in [4.69, 9.17) is 5.26 Å². The summed E-state index contributed by atoms with van der Waals surface area (Å²) in [4.78, 5) is 3.06. The topological polar surface area (TPSA) is 59.8 Å². The van der Waals surface area contributed by atoms with Crippen LogP contribution in [0.25, 0.3) is 10.9 Å². The molecule has 1 atom stereocenters. The van der Waals surface area contributed by atoms with Crippen LogP contribution in [-0.2, 0) is 0 Å². The van der Waals surface area contributed by atoms with Crippen molar-refractivity contribution >= 4 is 10.9 Å². The summed E-state index contributed by atoms with van der Waals surface area (Å²) in [5.41, 5.74) is 1.80. The summed E-state index contributed by atoms with van der Waals surface area (Å²) in [6.07, 6.45) is 1.26. The first-order valence-corrected chi connectivity index (χ1v) is 4.44. The molecule has 2 rings (SSSR count). The van der Waals surface area contributed by atoms with E-state index in [0.29, 0.717) is 0 Å². The van der Waals surface area contributed by atoms with Gasteiger partial charge >= 0.3 is 0 Å². The number of rotatable bonds is 2. The second kappa shape index (κ2) is 3.52. The van der Waals surface area contributed by atoms with Gasteiger partial charge in [-0.2, -0.15) is 5.26 Å². The number of nitriles is 1. The second-order valence-electron chi connectivity index (χ2n) is 3.16. The van der Waals surface area contributed by atoms with Crippen LogP contribution in [-0.4, -0.2) is 10.1 Å². The Bertz CT molecular complexity index is 481. The summed E-state index contributed by atoms with van der Waals surface area (Å²) in [6, 6.07) is 9.53. The monoisotopic (exact) mass is 186 g/mol. The average Bonchev–Trinajstić information content (AvgIpc) is 2.65. The van der Waals surface area contributed by atoms with E-state index in [-0.39, 0.29) is 6.42 Å². The van der Waals surface area contributed by atoms with E-state index in [1.807, 2.05) is 36.5 Å². The Morgan fingerprint density at radius 3 is 3.07 bits per heavy atom. The van der Waals surface area contributed by atoms with Crippen LogP contribution in [0, 0.1) is 11.3 Å². The molecule has 0 saturated carbocycles. The molecule has 3 heteroatoms. The summed E-state index contributed by atoms with van der Waals surface area (Å²) < 4.78 is 0. The van der Waals surface area contributed by atoms with E-state index in [1.54, 1.807) is 0 Å². The molecule has 0 saturated heterocycles. The van der Waals surface area contributed by atoms with Crippen molar-refractivity contribution in [2.75, 3.05) is 0 Å². The maximum atomic E-state index is 9.70. The molecule has 1 heterocycles. The van der Waals surface area contributed by atoms with Crippen LogP contribution < -0.4 is 0 Å². The number of aromatic nitrogens is 1. The molecule has 0 radical (unpaired) electrons. The van der Waals surface area contributed by atoms with Gasteiger partial charge in [-0.25, -0.2) is 0 Å². The van der Waals surface area contributed by atoms with Crippen LogP contribution >= 0.6 is 0 Å². The highest BCUT2D eigenvalue weighted by Gasteiger charge is 2.10. The molecule has 0 amide bonds. The van der Waals surface area contributed by atoms with Crippen molar-refractivity contribution in [1.82, 2.24) is 4.98 Å². The number of benzene rings is 1. The SMILES string of the molecule is N#CCC(O)c1cccc2[nH]ccc12. The summed E-state index contributed by atoms with van der Waals surface area (Å²) >= 11 is 0. The van der Waals surface area contributed by atoms with E-state index in [2.05, 4.69) is 4.98 Å². The maximum absolute atomic E-state index is 9.70. The lowest BCUT2D eigenvalue weighted by molar-refractivity contribution is 0.185. The molecule has 3 nitrogen and oxygen atoms in total. The molecule has 1 aromatic heterocycles. The van der Waals surface area contributed by atoms with Gasteiger partial charge in [-0.15, -0.1) is 0 Å². The van der Waals surface area contributed by atoms with Gasteiger partial charge in [0.05, 0.1) is 18.6 Å². The fraction of sp³-hybridized carbons (Fsp3) is 0.182. The van der Waals surface area contributed by atoms with Crippen molar-refractivity contribution < 1.29 is 5.11 Å². The van der Waals surface area contributed by atoms with E-state index in [1.165, 1.54) is 0 Å². The van der Waals surface area contributed by atoms with Gasteiger partial charge in [0.15, 0.2) is 0 Å². The first kappa shape index (κ1) is 8.79. The van der Waals surface area contributed by atoms with E-state index >= 15 is 0 Å². The van der Waals surface area contributed by atoms with Crippen molar-refractivity contribution in [3.8, 4) is 6.07 Å². The molecule has 0 bridgehead atoms. The van der Waals surface area contributed by atoms with Crippen molar-refractivity contribution in [2.45, 2.75) is 12.5 Å². The number of nitrogens with one attached hydrogen (secondary N) is 1. The van der Waals surface area contributed by atoms with Crippen molar-refractivity contribution in [3.05, 3.63) is 36.0 Å². The number of aliphatic hydroxyl groups excluding tert-OH is 1. The predicted octanol–water partition coefficient (Wildman–Crippen LogP) is 2.11. The van der Waals surface area contributed by atoms with Gasteiger partial charge < -0.3 is 10.1 Å². The van der Waals surface area contributed by atoms with Crippen LogP contribution in [0.4, 0.5) is 0 Å². The van der Waals surface area contributed by atoms with Gasteiger partial charge in [-0.05, 0) is 17.7 Å². The number of hydrogen-bond donors (Lipinski definition) is 2. The number of aliphatic hydroxyl groups is 1. The third-order valence-corrected chi connectivity index (χ3v) is 2.27. The molecule has 0 aliphatic heterocycles. The molecule has 2 aromatic rings. The molecule has 1 aromatic carbocycles. The van der Waals surface area contributed by atoms with Crippen LogP contribution in [0.3, 0.4) is 0 Å². The van der Waals surface area contributed by atoms with Crippen molar-refractivity contribution in [3.63, 3.8) is 0 Å². The lowest BCUT2D eigenvalue weighted by Crippen LogP contribution is -1.95. The summed E-state index contributed by atoms with van der Waals surface area (Å²) in [6.45, 7) is 0.